The zero-order chi connectivity index (χ0) is 28.5. The SMILES string of the molecule is [C-]#[N+]C(C#N)=Nc1ccc(-c2cc3sc4c(c3s2)C(C)(C)c2c-4sc3nc(-c4ccc(N=C(C#N)[N+]#[C-])s4)sc23)s1. The van der Waals surface area contributed by atoms with Crippen LogP contribution < -0.4 is 0 Å². The number of fused-ring (bicyclic) bond motifs is 7. The average Bonchev–Trinajstić information content (AvgIpc) is 3.78. The molecule has 6 heterocycles. The highest BCUT2D eigenvalue weighted by Crippen LogP contribution is 2.62. The molecule has 1 aliphatic rings. The summed E-state index contributed by atoms with van der Waals surface area (Å²) in [6.07, 6.45) is 0. The zero-order valence-electron chi connectivity index (χ0n) is 21.0. The molecule has 0 amide bonds. The van der Waals surface area contributed by atoms with Crippen LogP contribution in [-0.4, -0.2) is 16.7 Å². The molecular weight excluding hydrogens is 627 g/mol. The predicted octanol–water partition coefficient (Wildman–Crippen LogP) is 10.3. The van der Waals surface area contributed by atoms with E-state index in [1.165, 1.54) is 57.7 Å². The van der Waals surface area contributed by atoms with E-state index in [4.69, 9.17) is 28.7 Å². The fourth-order valence-corrected chi connectivity index (χ4v) is 12.6. The monoisotopic (exact) mass is 637 g/mol. The highest BCUT2D eigenvalue weighted by molar-refractivity contribution is 7.36. The summed E-state index contributed by atoms with van der Waals surface area (Å²) in [5.74, 6) is -0.330. The summed E-state index contributed by atoms with van der Waals surface area (Å²) >= 11 is 9.98. The molecule has 0 fully saturated rings. The molecule has 7 rings (SSSR count). The number of hydrogen-bond acceptors (Lipinski definition) is 11. The molecule has 0 bridgehead atoms. The van der Waals surface area contributed by atoms with Crippen LogP contribution in [0.25, 0.3) is 58.0 Å². The minimum Gasteiger partial charge on any atom is -0.351 e. The summed E-state index contributed by atoms with van der Waals surface area (Å²) < 4.78 is 3.78. The van der Waals surface area contributed by atoms with Crippen molar-refractivity contribution in [1.82, 2.24) is 4.98 Å². The van der Waals surface area contributed by atoms with E-state index in [-0.39, 0.29) is 17.1 Å². The zero-order valence-corrected chi connectivity index (χ0v) is 25.9. The molecule has 0 aromatic carbocycles. The van der Waals surface area contributed by atoms with Crippen molar-refractivity contribution in [3.05, 3.63) is 64.3 Å². The lowest BCUT2D eigenvalue weighted by Gasteiger charge is -2.19. The normalized spacial score (nSPS) is 14.0. The number of rotatable bonds is 4. The Morgan fingerprint density at radius 2 is 1.39 bits per heavy atom. The Kier molecular flexibility index (Phi) is 6.01. The Morgan fingerprint density at radius 1 is 0.780 bits per heavy atom. The molecule has 0 saturated heterocycles. The van der Waals surface area contributed by atoms with Gasteiger partial charge in [-0.1, -0.05) is 59.7 Å². The van der Waals surface area contributed by atoms with Gasteiger partial charge >= 0.3 is 11.7 Å². The van der Waals surface area contributed by atoms with E-state index in [2.05, 4.69) is 39.6 Å². The first kappa shape index (κ1) is 25.9. The van der Waals surface area contributed by atoms with Crippen molar-refractivity contribution in [2.45, 2.75) is 19.3 Å². The minimum absolute atomic E-state index is 0.157. The number of hydrogen-bond donors (Lipinski definition) is 0. The van der Waals surface area contributed by atoms with Crippen molar-refractivity contribution in [3.63, 3.8) is 0 Å². The first-order valence-electron chi connectivity index (χ1n) is 11.8. The second-order valence-electron chi connectivity index (χ2n) is 9.29. The van der Waals surface area contributed by atoms with Crippen LogP contribution in [0.1, 0.15) is 25.0 Å². The Morgan fingerprint density at radius 3 is 2.05 bits per heavy atom. The molecule has 0 saturated carbocycles. The molecule has 13 heteroatoms. The van der Waals surface area contributed by atoms with Crippen LogP contribution in [0.2, 0.25) is 0 Å². The Labute approximate surface area is 257 Å². The molecule has 0 unspecified atom stereocenters. The smallest absolute Gasteiger partial charge is 0.350 e. The predicted molar refractivity (Wildman–Crippen MR) is 174 cm³/mol. The first-order valence-corrected chi connectivity index (χ1v) is 16.7. The summed E-state index contributed by atoms with van der Waals surface area (Å²) in [5, 5.41) is 20.3. The third kappa shape index (κ3) is 3.99. The molecule has 0 spiro atoms. The van der Waals surface area contributed by atoms with Crippen molar-refractivity contribution in [2.75, 3.05) is 0 Å². The van der Waals surface area contributed by atoms with E-state index >= 15 is 0 Å². The van der Waals surface area contributed by atoms with E-state index in [1.54, 1.807) is 34.0 Å². The van der Waals surface area contributed by atoms with Crippen molar-refractivity contribution in [1.29, 1.82) is 10.5 Å². The van der Waals surface area contributed by atoms with Gasteiger partial charge < -0.3 is 9.69 Å². The van der Waals surface area contributed by atoms with Gasteiger partial charge in [-0.15, -0.1) is 45.3 Å². The van der Waals surface area contributed by atoms with Crippen molar-refractivity contribution >= 4 is 109 Å². The standard InChI is InChI=1S/C28H11N7S6/c1-28(2)20-22-15(9-14(38-22)12-5-7-18(36-12)33-16(10-29)31-3)39-23(20)24-21(28)25-27(40-24)35-26(41-25)13-6-8-19(37-13)34-17(11-30)32-4/h5-9H,1-2H3. The van der Waals surface area contributed by atoms with Crippen LogP contribution in [0.15, 0.2) is 40.3 Å². The van der Waals surface area contributed by atoms with Crippen molar-refractivity contribution < 1.29 is 0 Å². The highest BCUT2D eigenvalue weighted by Gasteiger charge is 2.43. The number of nitriles is 2. The summed E-state index contributed by atoms with van der Waals surface area (Å²) in [7, 11) is 0. The number of aliphatic imine (C=N–C) groups is 2. The first-order chi connectivity index (χ1) is 19.8. The van der Waals surface area contributed by atoms with Crippen LogP contribution in [0.5, 0.6) is 0 Å². The van der Waals surface area contributed by atoms with Crippen LogP contribution in [0.4, 0.5) is 10.0 Å². The van der Waals surface area contributed by atoms with Crippen LogP contribution >= 0.6 is 68.0 Å². The van der Waals surface area contributed by atoms with Gasteiger partial charge in [0.15, 0.2) is 0 Å². The van der Waals surface area contributed by atoms with Gasteiger partial charge in [-0.3, -0.25) is 0 Å². The van der Waals surface area contributed by atoms with Gasteiger partial charge in [0.25, 0.3) is 0 Å². The van der Waals surface area contributed by atoms with E-state index in [9.17, 15) is 0 Å². The third-order valence-corrected chi connectivity index (χ3v) is 13.7. The maximum atomic E-state index is 9.03. The molecule has 0 atom stereocenters. The third-order valence-electron chi connectivity index (χ3n) is 6.55. The van der Waals surface area contributed by atoms with Crippen LogP contribution in [0, 0.1) is 35.8 Å². The Balaban J connectivity index is 1.26. The second kappa shape index (κ2) is 9.51. The number of nitrogens with zero attached hydrogens (tertiary/aromatic N) is 7. The lowest BCUT2D eigenvalue weighted by atomic mass is 9.84. The molecule has 6 aromatic heterocycles. The molecule has 0 radical (unpaired) electrons. The van der Waals surface area contributed by atoms with Gasteiger partial charge in [0.2, 0.25) is 10.0 Å². The average molecular weight is 638 g/mol. The number of thiazole rings is 1. The fraction of sp³-hybridized carbons (Fsp3) is 0.107. The molecule has 7 nitrogen and oxygen atoms in total. The van der Waals surface area contributed by atoms with E-state index in [0.717, 1.165) is 24.5 Å². The molecule has 0 aliphatic heterocycles. The van der Waals surface area contributed by atoms with Crippen LogP contribution in [0.3, 0.4) is 0 Å². The maximum Gasteiger partial charge on any atom is 0.350 e. The molecule has 1 aliphatic carbocycles. The summed E-state index contributed by atoms with van der Waals surface area (Å²) in [5.41, 5.74) is 2.53. The lowest BCUT2D eigenvalue weighted by Crippen LogP contribution is -2.14. The lowest BCUT2D eigenvalue weighted by molar-refractivity contribution is 0.676. The van der Waals surface area contributed by atoms with Gasteiger partial charge in [-0.2, -0.15) is 0 Å². The second-order valence-corrected chi connectivity index (χ2v) is 15.5. The summed E-state index contributed by atoms with van der Waals surface area (Å²) in [4.78, 5) is 26.5. The maximum absolute atomic E-state index is 9.03. The molecule has 0 N–H and O–H groups in total. The van der Waals surface area contributed by atoms with Crippen LogP contribution in [-0.2, 0) is 5.41 Å². The van der Waals surface area contributed by atoms with E-state index in [0.29, 0.717) is 10.0 Å². The topological polar surface area (TPSA) is 93.9 Å². The van der Waals surface area contributed by atoms with Gasteiger partial charge in [0.1, 0.15) is 22.0 Å². The van der Waals surface area contributed by atoms with Gasteiger partial charge in [-0.25, -0.2) is 15.5 Å². The minimum atomic E-state index is -0.183. The van der Waals surface area contributed by atoms with Gasteiger partial charge in [0.05, 0.1) is 24.0 Å². The Hall–Kier alpha value is -4.05. The molecule has 6 aromatic rings. The van der Waals surface area contributed by atoms with E-state index < -0.39 is 0 Å². The summed E-state index contributed by atoms with van der Waals surface area (Å²) in [6.45, 7) is 18.7. The quantitative estimate of drug-likeness (QED) is 0.109. The van der Waals surface area contributed by atoms with Crippen molar-refractivity contribution in [2.24, 2.45) is 9.98 Å². The van der Waals surface area contributed by atoms with Gasteiger partial charge in [-0.05, 0) is 35.9 Å². The number of aromatic nitrogens is 1. The number of amidine groups is 2. The van der Waals surface area contributed by atoms with Gasteiger partial charge in [0, 0.05) is 25.4 Å². The number of thiophene rings is 5. The largest absolute Gasteiger partial charge is 0.351 e. The Bertz CT molecular complexity index is 2110. The molecule has 41 heavy (non-hydrogen) atoms. The fourth-order valence-electron chi connectivity index (χ4n) is 4.86. The van der Waals surface area contributed by atoms with Crippen molar-refractivity contribution in [3.8, 4) is 41.5 Å². The molecule has 194 valence electrons. The molecular formula is C28H11N7S6. The van der Waals surface area contributed by atoms with E-state index in [1.807, 2.05) is 47.7 Å². The highest BCUT2D eigenvalue weighted by atomic mass is 32.1. The summed E-state index contributed by atoms with van der Waals surface area (Å²) in [6, 6.07) is 13.5.